The normalized spacial score (nSPS) is 21.7. The Morgan fingerprint density at radius 1 is 1.32 bits per heavy atom. The molecular formula is C18H27NO3. The number of carbonyl (C=O) groups is 1. The average Bonchev–Trinajstić information content (AvgIpc) is 2.91. The van der Waals surface area contributed by atoms with Crippen molar-refractivity contribution in [1.29, 1.82) is 0 Å². The summed E-state index contributed by atoms with van der Waals surface area (Å²) < 4.78 is 5.17. The van der Waals surface area contributed by atoms with E-state index in [0.29, 0.717) is 6.54 Å². The van der Waals surface area contributed by atoms with Crippen molar-refractivity contribution in [2.45, 2.75) is 44.6 Å². The van der Waals surface area contributed by atoms with E-state index in [0.717, 1.165) is 30.6 Å². The lowest BCUT2D eigenvalue weighted by atomic mass is 9.83. The standard InChI is InChI=1S/C18H27NO3/c1-18(2,14-8-10-15(22-4)11-9-14)17(21)19(3)12-13-6-5-7-16(13)20/h8-11,13,16,20H,5-7,12H2,1-4H3. The average molecular weight is 305 g/mol. The maximum absolute atomic E-state index is 12.8. The highest BCUT2D eigenvalue weighted by atomic mass is 16.5. The van der Waals surface area contributed by atoms with Gasteiger partial charge in [0.25, 0.3) is 0 Å². The van der Waals surface area contributed by atoms with E-state index in [9.17, 15) is 9.90 Å². The molecule has 0 spiro atoms. The van der Waals surface area contributed by atoms with Gasteiger partial charge in [-0.3, -0.25) is 4.79 Å². The molecule has 4 nitrogen and oxygen atoms in total. The second-order valence-corrected chi connectivity index (χ2v) is 6.80. The van der Waals surface area contributed by atoms with Crippen molar-refractivity contribution >= 4 is 5.91 Å². The van der Waals surface area contributed by atoms with Crippen LogP contribution in [0.4, 0.5) is 0 Å². The summed E-state index contributed by atoms with van der Waals surface area (Å²) in [7, 11) is 3.46. The first-order valence-electron chi connectivity index (χ1n) is 7.94. The minimum Gasteiger partial charge on any atom is -0.497 e. The van der Waals surface area contributed by atoms with Gasteiger partial charge in [-0.25, -0.2) is 0 Å². The lowest BCUT2D eigenvalue weighted by molar-refractivity contribution is -0.135. The van der Waals surface area contributed by atoms with E-state index in [-0.39, 0.29) is 17.9 Å². The zero-order chi connectivity index (χ0) is 16.3. The molecule has 1 aliphatic carbocycles. The fraction of sp³-hybridized carbons (Fsp3) is 0.611. The SMILES string of the molecule is COc1ccc(C(C)(C)C(=O)N(C)CC2CCCC2O)cc1. The monoisotopic (exact) mass is 305 g/mol. The minimum absolute atomic E-state index is 0.0803. The Hall–Kier alpha value is -1.55. The molecular weight excluding hydrogens is 278 g/mol. The molecule has 2 atom stereocenters. The number of ether oxygens (including phenoxy) is 1. The highest BCUT2D eigenvalue weighted by Crippen LogP contribution is 2.30. The molecule has 2 rings (SSSR count). The summed E-state index contributed by atoms with van der Waals surface area (Å²) in [6.45, 7) is 4.51. The van der Waals surface area contributed by atoms with E-state index in [4.69, 9.17) is 4.74 Å². The van der Waals surface area contributed by atoms with Crippen LogP contribution in [-0.4, -0.2) is 42.7 Å². The number of amides is 1. The van der Waals surface area contributed by atoms with Gasteiger partial charge in [-0.2, -0.15) is 0 Å². The van der Waals surface area contributed by atoms with Gasteiger partial charge < -0.3 is 14.7 Å². The van der Waals surface area contributed by atoms with Crippen LogP contribution in [0.15, 0.2) is 24.3 Å². The first-order chi connectivity index (χ1) is 10.4. The molecule has 122 valence electrons. The predicted molar refractivity (Wildman–Crippen MR) is 87.0 cm³/mol. The summed E-state index contributed by atoms with van der Waals surface area (Å²) in [5.41, 5.74) is 0.377. The van der Waals surface area contributed by atoms with E-state index >= 15 is 0 Å². The maximum atomic E-state index is 12.8. The van der Waals surface area contributed by atoms with Gasteiger partial charge in [0.2, 0.25) is 5.91 Å². The lowest BCUT2D eigenvalue weighted by Crippen LogP contribution is -2.44. The Bertz CT molecular complexity index is 510. The molecule has 1 fully saturated rings. The quantitative estimate of drug-likeness (QED) is 0.909. The summed E-state index contributed by atoms with van der Waals surface area (Å²) in [6, 6.07) is 7.64. The van der Waals surface area contributed by atoms with Crippen LogP contribution in [0.2, 0.25) is 0 Å². The fourth-order valence-corrected chi connectivity index (χ4v) is 3.27. The number of benzene rings is 1. The molecule has 1 aliphatic rings. The Balaban J connectivity index is 2.07. The topological polar surface area (TPSA) is 49.8 Å². The van der Waals surface area contributed by atoms with Gasteiger partial charge in [0.05, 0.1) is 18.6 Å². The van der Waals surface area contributed by atoms with E-state index < -0.39 is 5.41 Å². The molecule has 1 aromatic carbocycles. The zero-order valence-corrected chi connectivity index (χ0v) is 14.0. The molecule has 2 unspecified atom stereocenters. The largest absolute Gasteiger partial charge is 0.497 e. The van der Waals surface area contributed by atoms with E-state index in [1.807, 2.05) is 45.2 Å². The molecule has 1 aromatic rings. The molecule has 0 aliphatic heterocycles. The predicted octanol–water partition coefficient (Wildman–Crippen LogP) is 2.59. The van der Waals surface area contributed by atoms with Crippen molar-refractivity contribution in [3.05, 3.63) is 29.8 Å². The van der Waals surface area contributed by atoms with Crippen molar-refractivity contribution in [2.75, 3.05) is 20.7 Å². The van der Waals surface area contributed by atoms with Gasteiger partial charge >= 0.3 is 0 Å². The molecule has 0 bridgehead atoms. The number of likely N-dealkylation sites (N-methyl/N-ethyl adjacent to an activating group) is 1. The number of carbonyl (C=O) groups excluding carboxylic acids is 1. The van der Waals surface area contributed by atoms with Gasteiger partial charge in [0.1, 0.15) is 5.75 Å². The van der Waals surface area contributed by atoms with E-state index in [1.54, 1.807) is 12.0 Å². The second kappa shape index (κ2) is 6.69. The number of aliphatic hydroxyl groups is 1. The van der Waals surface area contributed by atoms with Crippen LogP contribution in [0.5, 0.6) is 5.75 Å². The van der Waals surface area contributed by atoms with Crippen molar-refractivity contribution in [3.8, 4) is 5.75 Å². The molecule has 0 heterocycles. The van der Waals surface area contributed by atoms with Crippen molar-refractivity contribution < 1.29 is 14.6 Å². The molecule has 1 saturated carbocycles. The van der Waals surface area contributed by atoms with Crippen molar-refractivity contribution in [3.63, 3.8) is 0 Å². The lowest BCUT2D eigenvalue weighted by Gasteiger charge is -2.32. The zero-order valence-electron chi connectivity index (χ0n) is 14.0. The van der Waals surface area contributed by atoms with Crippen LogP contribution in [0.3, 0.4) is 0 Å². The highest BCUT2D eigenvalue weighted by Gasteiger charge is 2.35. The summed E-state index contributed by atoms with van der Waals surface area (Å²) in [4.78, 5) is 14.6. The first-order valence-corrected chi connectivity index (χ1v) is 7.94. The Labute approximate surface area is 133 Å². The van der Waals surface area contributed by atoms with Gasteiger partial charge in [0.15, 0.2) is 0 Å². The molecule has 0 saturated heterocycles. The summed E-state index contributed by atoms with van der Waals surface area (Å²) in [5, 5.41) is 9.95. The van der Waals surface area contributed by atoms with Crippen LogP contribution in [0.1, 0.15) is 38.7 Å². The number of nitrogens with zero attached hydrogens (tertiary/aromatic N) is 1. The Kier molecular flexibility index (Phi) is 5.12. The number of hydrogen-bond donors (Lipinski definition) is 1. The maximum Gasteiger partial charge on any atom is 0.232 e. The minimum atomic E-state index is -0.593. The molecule has 0 radical (unpaired) electrons. The Morgan fingerprint density at radius 3 is 2.45 bits per heavy atom. The second-order valence-electron chi connectivity index (χ2n) is 6.80. The van der Waals surface area contributed by atoms with Crippen molar-refractivity contribution in [2.24, 2.45) is 5.92 Å². The van der Waals surface area contributed by atoms with Gasteiger partial charge in [-0.05, 0) is 44.4 Å². The summed E-state index contributed by atoms with van der Waals surface area (Å²) in [6.07, 6.45) is 2.64. The van der Waals surface area contributed by atoms with Crippen LogP contribution in [0.25, 0.3) is 0 Å². The van der Waals surface area contributed by atoms with Crippen LogP contribution in [0, 0.1) is 5.92 Å². The summed E-state index contributed by atoms with van der Waals surface area (Å²) >= 11 is 0. The number of methoxy groups -OCH3 is 1. The van der Waals surface area contributed by atoms with Crippen LogP contribution < -0.4 is 4.74 Å². The van der Waals surface area contributed by atoms with Gasteiger partial charge in [0, 0.05) is 19.5 Å². The number of hydrogen-bond acceptors (Lipinski definition) is 3. The molecule has 1 N–H and O–H groups in total. The van der Waals surface area contributed by atoms with E-state index in [2.05, 4.69) is 0 Å². The third-order valence-electron chi connectivity index (χ3n) is 4.82. The summed E-state index contributed by atoms with van der Waals surface area (Å²) in [5.74, 6) is 1.08. The molecule has 0 aromatic heterocycles. The smallest absolute Gasteiger partial charge is 0.232 e. The number of aliphatic hydroxyl groups excluding tert-OH is 1. The Morgan fingerprint density at radius 2 is 1.95 bits per heavy atom. The van der Waals surface area contributed by atoms with E-state index in [1.165, 1.54) is 0 Å². The fourth-order valence-electron chi connectivity index (χ4n) is 3.27. The first kappa shape index (κ1) is 16.8. The number of rotatable bonds is 5. The third-order valence-corrected chi connectivity index (χ3v) is 4.82. The molecule has 1 amide bonds. The van der Waals surface area contributed by atoms with Crippen LogP contribution in [-0.2, 0) is 10.2 Å². The molecule has 22 heavy (non-hydrogen) atoms. The van der Waals surface area contributed by atoms with Gasteiger partial charge in [-0.15, -0.1) is 0 Å². The van der Waals surface area contributed by atoms with Gasteiger partial charge in [-0.1, -0.05) is 18.6 Å². The highest BCUT2D eigenvalue weighted by molar-refractivity contribution is 5.87. The van der Waals surface area contributed by atoms with Crippen molar-refractivity contribution in [1.82, 2.24) is 4.90 Å². The molecule has 4 heteroatoms. The van der Waals surface area contributed by atoms with Crippen LogP contribution >= 0.6 is 0 Å². The third kappa shape index (κ3) is 3.43.